The maximum Gasteiger partial charge on any atom is 0.242 e. The highest BCUT2D eigenvalue weighted by atomic mass is 32.2. The Morgan fingerprint density at radius 1 is 1.32 bits per heavy atom. The summed E-state index contributed by atoms with van der Waals surface area (Å²) in [5.74, 6) is 0.426. The van der Waals surface area contributed by atoms with Gasteiger partial charge in [0.2, 0.25) is 15.9 Å². The predicted molar refractivity (Wildman–Crippen MR) is 72.3 cm³/mol. The van der Waals surface area contributed by atoms with Crippen LogP contribution in [-0.2, 0) is 14.8 Å². The lowest BCUT2D eigenvalue weighted by Crippen LogP contribution is -2.33. The van der Waals surface area contributed by atoms with E-state index in [9.17, 15) is 13.2 Å². The zero-order valence-corrected chi connectivity index (χ0v) is 11.8. The van der Waals surface area contributed by atoms with Gasteiger partial charge in [0.25, 0.3) is 0 Å². The fraction of sp³-hybridized carbons (Fsp3) is 0.455. The SMILES string of the molecule is CCNc1ccc(S(=O)(=O)NCCNC(C)=O)cn1. The Morgan fingerprint density at radius 3 is 2.58 bits per heavy atom. The first-order valence-electron chi connectivity index (χ1n) is 5.89. The van der Waals surface area contributed by atoms with Crippen LogP contribution in [0.1, 0.15) is 13.8 Å². The quantitative estimate of drug-likeness (QED) is 0.609. The molecule has 19 heavy (non-hydrogen) atoms. The molecule has 1 heterocycles. The molecular weight excluding hydrogens is 268 g/mol. The number of sulfonamides is 1. The molecule has 106 valence electrons. The third-order valence-electron chi connectivity index (χ3n) is 2.20. The number of hydrogen-bond donors (Lipinski definition) is 3. The zero-order valence-electron chi connectivity index (χ0n) is 10.9. The van der Waals surface area contributed by atoms with Gasteiger partial charge in [0.05, 0.1) is 0 Å². The Labute approximate surface area is 112 Å². The van der Waals surface area contributed by atoms with Gasteiger partial charge >= 0.3 is 0 Å². The van der Waals surface area contributed by atoms with Crippen LogP contribution in [0.4, 0.5) is 5.82 Å². The van der Waals surface area contributed by atoms with Crippen molar-refractivity contribution in [3.8, 4) is 0 Å². The van der Waals surface area contributed by atoms with Crippen LogP contribution in [0.5, 0.6) is 0 Å². The van der Waals surface area contributed by atoms with Crippen LogP contribution in [-0.4, -0.2) is 38.9 Å². The molecule has 7 nitrogen and oxygen atoms in total. The Kier molecular flexibility index (Phi) is 5.71. The highest BCUT2D eigenvalue weighted by Gasteiger charge is 2.13. The molecule has 3 N–H and O–H groups in total. The number of aromatic nitrogens is 1. The van der Waals surface area contributed by atoms with E-state index in [1.54, 1.807) is 6.07 Å². The molecule has 0 saturated carbocycles. The van der Waals surface area contributed by atoms with Crippen LogP contribution in [0, 0.1) is 0 Å². The Balaban J connectivity index is 2.59. The topological polar surface area (TPSA) is 100 Å². The second-order valence-electron chi connectivity index (χ2n) is 3.79. The van der Waals surface area contributed by atoms with Gasteiger partial charge in [-0.3, -0.25) is 4.79 Å². The molecule has 0 saturated heterocycles. The third-order valence-corrected chi connectivity index (χ3v) is 3.64. The van der Waals surface area contributed by atoms with E-state index in [0.29, 0.717) is 12.4 Å². The summed E-state index contributed by atoms with van der Waals surface area (Å²) in [5, 5.41) is 5.48. The lowest BCUT2D eigenvalue weighted by molar-refractivity contribution is -0.118. The van der Waals surface area contributed by atoms with Gasteiger partial charge in [0.1, 0.15) is 10.7 Å². The maximum atomic E-state index is 11.9. The van der Waals surface area contributed by atoms with Crippen molar-refractivity contribution in [2.75, 3.05) is 25.0 Å². The van der Waals surface area contributed by atoms with E-state index in [1.807, 2.05) is 6.92 Å². The van der Waals surface area contributed by atoms with E-state index in [0.717, 1.165) is 0 Å². The normalized spacial score (nSPS) is 11.1. The summed E-state index contributed by atoms with van der Waals surface area (Å²) in [4.78, 5) is 14.7. The number of anilines is 1. The van der Waals surface area contributed by atoms with Crippen molar-refractivity contribution in [2.45, 2.75) is 18.7 Å². The largest absolute Gasteiger partial charge is 0.370 e. The van der Waals surface area contributed by atoms with Gasteiger partial charge in [0, 0.05) is 32.8 Å². The van der Waals surface area contributed by atoms with Crippen LogP contribution < -0.4 is 15.4 Å². The summed E-state index contributed by atoms with van der Waals surface area (Å²) in [6.45, 7) is 4.40. The summed E-state index contributed by atoms with van der Waals surface area (Å²) in [7, 11) is -3.58. The highest BCUT2D eigenvalue weighted by Crippen LogP contribution is 2.09. The van der Waals surface area contributed by atoms with Crippen LogP contribution in [0.15, 0.2) is 23.2 Å². The van der Waals surface area contributed by atoms with Gasteiger partial charge in [-0.25, -0.2) is 18.1 Å². The second-order valence-corrected chi connectivity index (χ2v) is 5.56. The lowest BCUT2D eigenvalue weighted by Gasteiger charge is -2.07. The summed E-state index contributed by atoms with van der Waals surface area (Å²) in [5.41, 5.74) is 0. The smallest absolute Gasteiger partial charge is 0.242 e. The number of nitrogens with zero attached hydrogens (tertiary/aromatic N) is 1. The molecule has 0 aliphatic carbocycles. The average molecular weight is 286 g/mol. The molecule has 1 rings (SSSR count). The minimum absolute atomic E-state index is 0.0944. The van der Waals surface area contributed by atoms with Crippen LogP contribution in [0.2, 0.25) is 0 Å². The summed E-state index contributed by atoms with van der Waals surface area (Å²) >= 11 is 0. The van der Waals surface area contributed by atoms with Crippen LogP contribution in [0.3, 0.4) is 0 Å². The lowest BCUT2D eigenvalue weighted by atomic mass is 10.4. The third kappa shape index (κ3) is 5.23. The molecule has 0 aliphatic rings. The molecule has 1 aromatic heterocycles. The predicted octanol–water partition coefficient (Wildman–Crippen LogP) is -0.0722. The zero-order chi connectivity index (χ0) is 14.3. The minimum atomic E-state index is -3.58. The van der Waals surface area contributed by atoms with E-state index < -0.39 is 10.0 Å². The fourth-order valence-electron chi connectivity index (χ4n) is 1.33. The molecule has 0 spiro atoms. The molecule has 0 radical (unpaired) electrons. The average Bonchev–Trinajstić information content (AvgIpc) is 2.36. The van der Waals surface area contributed by atoms with Crippen molar-refractivity contribution >= 4 is 21.7 Å². The van der Waals surface area contributed by atoms with Crippen LogP contribution >= 0.6 is 0 Å². The van der Waals surface area contributed by atoms with Crippen molar-refractivity contribution in [1.82, 2.24) is 15.0 Å². The fourth-order valence-corrected chi connectivity index (χ4v) is 2.31. The summed E-state index contributed by atoms with van der Waals surface area (Å²) in [6, 6.07) is 3.08. The first kappa shape index (κ1) is 15.4. The number of pyridine rings is 1. The number of rotatable bonds is 7. The molecule has 8 heteroatoms. The molecule has 0 unspecified atom stereocenters. The van der Waals surface area contributed by atoms with Crippen molar-refractivity contribution in [2.24, 2.45) is 0 Å². The molecule has 0 bridgehead atoms. The van der Waals surface area contributed by atoms with Gasteiger partial charge in [0.15, 0.2) is 0 Å². The molecule has 1 amide bonds. The number of hydrogen-bond acceptors (Lipinski definition) is 5. The monoisotopic (exact) mass is 286 g/mol. The number of carbonyl (C=O) groups excluding carboxylic acids is 1. The van der Waals surface area contributed by atoms with Crippen molar-refractivity contribution in [3.63, 3.8) is 0 Å². The van der Waals surface area contributed by atoms with E-state index in [-0.39, 0.29) is 23.9 Å². The molecule has 0 aliphatic heterocycles. The molecule has 1 aromatic rings. The Bertz CT molecular complexity index is 513. The van der Waals surface area contributed by atoms with Gasteiger partial charge in [-0.15, -0.1) is 0 Å². The Morgan fingerprint density at radius 2 is 2.05 bits per heavy atom. The Hall–Kier alpha value is -1.67. The van der Waals surface area contributed by atoms with E-state index in [4.69, 9.17) is 0 Å². The summed E-state index contributed by atoms with van der Waals surface area (Å²) < 4.78 is 26.1. The standard InChI is InChI=1S/C11H18N4O3S/c1-3-12-11-5-4-10(8-14-11)19(17,18)15-7-6-13-9(2)16/h4-5,8,15H,3,6-7H2,1-2H3,(H,12,14)(H,13,16). The first-order valence-corrected chi connectivity index (χ1v) is 7.38. The van der Waals surface area contributed by atoms with Crippen molar-refractivity contribution in [1.29, 1.82) is 0 Å². The molecule has 0 fully saturated rings. The van der Waals surface area contributed by atoms with Crippen molar-refractivity contribution in [3.05, 3.63) is 18.3 Å². The van der Waals surface area contributed by atoms with Crippen LogP contribution in [0.25, 0.3) is 0 Å². The second kappa shape index (κ2) is 7.05. The van der Waals surface area contributed by atoms with Gasteiger partial charge in [-0.1, -0.05) is 0 Å². The molecular formula is C11H18N4O3S. The summed E-state index contributed by atoms with van der Waals surface area (Å²) in [6.07, 6.45) is 1.29. The number of nitrogens with one attached hydrogen (secondary N) is 3. The molecule has 0 aromatic carbocycles. The maximum absolute atomic E-state index is 11.9. The van der Waals surface area contributed by atoms with Crippen molar-refractivity contribution < 1.29 is 13.2 Å². The van der Waals surface area contributed by atoms with Gasteiger partial charge in [-0.05, 0) is 19.1 Å². The molecule has 0 atom stereocenters. The number of amides is 1. The van der Waals surface area contributed by atoms with Gasteiger partial charge in [-0.2, -0.15) is 0 Å². The van der Waals surface area contributed by atoms with E-state index >= 15 is 0 Å². The first-order chi connectivity index (χ1) is 8.95. The van der Waals surface area contributed by atoms with E-state index in [1.165, 1.54) is 19.2 Å². The van der Waals surface area contributed by atoms with E-state index in [2.05, 4.69) is 20.3 Å². The van der Waals surface area contributed by atoms with Gasteiger partial charge < -0.3 is 10.6 Å². The highest BCUT2D eigenvalue weighted by molar-refractivity contribution is 7.89. The minimum Gasteiger partial charge on any atom is -0.370 e. The number of carbonyl (C=O) groups is 1.